The van der Waals surface area contributed by atoms with Crippen LogP contribution in [0.25, 0.3) is 0 Å². The number of carbonyl (C=O) groups is 1. The molecule has 0 saturated carbocycles. The van der Waals surface area contributed by atoms with Gasteiger partial charge in [0, 0.05) is 16.8 Å². The average Bonchev–Trinajstić information content (AvgIpc) is 2.59. The lowest BCUT2D eigenvalue weighted by Gasteiger charge is -2.30. The Labute approximate surface area is 165 Å². The van der Waals surface area contributed by atoms with E-state index in [1.807, 2.05) is 6.92 Å². The van der Waals surface area contributed by atoms with Gasteiger partial charge in [0.05, 0.1) is 18.6 Å². The Bertz CT molecular complexity index is 902. The molecule has 2 rings (SSSR count). The second kappa shape index (κ2) is 9.10. The van der Waals surface area contributed by atoms with E-state index in [0.717, 1.165) is 10.6 Å². The predicted octanol–water partition coefficient (Wildman–Crippen LogP) is 3.92. The van der Waals surface area contributed by atoms with E-state index in [1.54, 1.807) is 49.4 Å². The van der Waals surface area contributed by atoms with Crippen LogP contribution in [0.4, 0.5) is 11.4 Å². The molecule has 0 aliphatic heterocycles. The normalized spacial score (nSPS) is 12.3. The molecule has 0 aromatic heterocycles. The number of hydrogen-bond acceptors (Lipinski definition) is 4. The molecule has 0 heterocycles. The molecular formula is C19H23ClN2O4S. The summed E-state index contributed by atoms with van der Waals surface area (Å²) in [6.07, 6.45) is 1.36. The number of ether oxygens (including phenoxy) is 1. The number of amides is 1. The van der Waals surface area contributed by atoms with Crippen LogP contribution in [0.1, 0.15) is 20.3 Å². The first-order chi connectivity index (χ1) is 12.8. The van der Waals surface area contributed by atoms with Gasteiger partial charge in [-0.05, 0) is 43.7 Å². The maximum absolute atomic E-state index is 12.9. The van der Waals surface area contributed by atoms with Crippen LogP contribution in [0.3, 0.4) is 0 Å². The van der Waals surface area contributed by atoms with E-state index < -0.39 is 22.0 Å². The van der Waals surface area contributed by atoms with E-state index in [9.17, 15) is 13.2 Å². The standard InChI is InChI=1S/C19H23ClN2O4S/c1-4-18(19(23)21-15-9-7-11-17(13-15)26-5-2)22(27(3,24)25)16-10-6-8-14(20)12-16/h6-13,18H,4-5H2,1-3H3,(H,21,23). The van der Waals surface area contributed by atoms with Crippen LogP contribution >= 0.6 is 11.6 Å². The van der Waals surface area contributed by atoms with Gasteiger partial charge < -0.3 is 10.1 Å². The molecule has 6 nitrogen and oxygen atoms in total. The van der Waals surface area contributed by atoms with Crippen molar-refractivity contribution in [2.75, 3.05) is 22.5 Å². The third-order valence-electron chi connectivity index (χ3n) is 3.80. The summed E-state index contributed by atoms with van der Waals surface area (Å²) in [7, 11) is -3.71. The molecule has 0 radical (unpaired) electrons. The summed E-state index contributed by atoms with van der Waals surface area (Å²) in [4.78, 5) is 12.9. The molecule has 0 fully saturated rings. The van der Waals surface area contributed by atoms with Crippen molar-refractivity contribution in [3.8, 4) is 5.75 Å². The summed E-state index contributed by atoms with van der Waals surface area (Å²) in [5.41, 5.74) is 0.874. The van der Waals surface area contributed by atoms with Gasteiger partial charge in [0.15, 0.2) is 0 Å². The van der Waals surface area contributed by atoms with Crippen LogP contribution < -0.4 is 14.4 Å². The van der Waals surface area contributed by atoms with E-state index in [4.69, 9.17) is 16.3 Å². The minimum Gasteiger partial charge on any atom is -0.494 e. The second-order valence-electron chi connectivity index (χ2n) is 5.91. The number of carbonyl (C=O) groups excluding carboxylic acids is 1. The van der Waals surface area contributed by atoms with E-state index in [0.29, 0.717) is 28.8 Å². The van der Waals surface area contributed by atoms with E-state index >= 15 is 0 Å². The van der Waals surface area contributed by atoms with Crippen molar-refractivity contribution >= 4 is 38.9 Å². The molecule has 27 heavy (non-hydrogen) atoms. The van der Waals surface area contributed by atoms with Crippen LogP contribution in [0.2, 0.25) is 5.02 Å². The number of nitrogens with zero attached hydrogens (tertiary/aromatic N) is 1. The van der Waals surface area contributed by atoms with Crippen molar-refractivity contribution in [3.05, 3.63) is 53.6 Å². The Hall–Kier alpha value is -2.25. The lowest BCUT2D eigenvalue weighted by Crippen LogP contribution is -2.47. The lowest BCUT2D eigenvalue weighted by molar-refractivity contribution is -0.117. The molecule has 0 aliphatic rings. The Morgan fingerprint density at radius 3 is 2.48 bits per heavy atom. The molecule has 8 heteroatoms. The summed E-state index contributed by atoms with van der Waals surface area (Å²) < 4.78 is 31.4. The van der Waals surface area contributed by atoms with Crippen LogP contribution in [-0.2, 0) is 14.8 Å². The van der Waals surface area contributed by atoms with Crippen LogP contribution in [0.5, 0.6) is 5.75 Å². The largest absolute Gasteiger partial charge is 0.494 e. The zero-order valence-corrected chi connectivity index (χ0v) is 17.0. The first-order valence-electron chi connectivity index (χ1n) is 8.55. The minimum absolute atomic E-state index is 0.288. The fourth-order valence-corrected chi connectivity index (χ4v) is 4.12. The third-order valence-corrected chi connectivity index (χ3v) is 5.22. The second-order valence-corrected chi connectivity index (χ2v) is 8.21. The van der Waals surface area contributed by atoms with Gasteiger partial charge in [-0.3, -0.25) is 9.10 Å². The molecule has 1 N–H and O–H groups in total. The highest BCUT2D eigenvalue weighted by atomic mass is 35.5. The van der Waals surface area contributed by atoms with E-state index in [-0.39, 0.29) is 6.42 Å². The molecule has 1 amide bonds. The van der Waals surface area contributed by atoms with E-state index in [2.05, 4.69) is 5.32 Å². The maximum atomic E-state index is 12.9. The van der Waals surface area contributed by atoms with Crippen molar-refractivity contribution in [1.29, 1.82) is 0 Å². The van der Waals surface area contributed by atoms with Crippen molar-refractivity contribution in [3.63, 3.8) is 0 Å². The number of hydrogen-bond donors (Lipinski definition) is 1. The Morgan fingerprint density at radius 2 is 1.89 bits per heavy atom. The number of halogens is 1. The number of rotatable bonds is 8. The Kier molecular flexibility index (Phi) is 7.10. The summed E-state index contributed by atoms with van der Waals surface area (Å²) in [5.74, 6) is 0.190. The first-order valence-corrected chi connectivity index (χ1v) is 10.8. The van der Waals surface area contributed by atoms with Gasteiger partial charge in [-0.25, -0.2) is 8.42 Å². The molecule has 2 aromatic rings. The predicted molar refractivity (Wildman–Crippen MR) is 109 cm³/mol. The van der Waals surface area contributed by atoms with Crippen molar-refractivity contribution in [2.45, 2.75) is 26.3 Å². The minimum atomic E-state index is -3.71. The van der Waals surface area contributed by atoms with Crippen molar-refractivity contribution in [2.24, 2.45) is 0 Å². The SMILES string of the molecule is CCOc1cccc(NC(=O)C(CC)N(c2cccc(Cl)c2)S(C)(=O)=O)c1. The zero-order valence-electron chi connectivity index (χ0n) is 15.5. The molecule has 0 bridgehead atoms. The molecular weight excluding hydrogens is 388 g/mol. The molecule has 1 unspecified atom stereocenters. The fraction of sp³-hybridized carbons (Fsp3) is 0.316. The van der Waals surface area contributed by atoms with Gasteiger partial charge in [0.1, 0.15) is 11.8 Å². The lowest BCUT2D eigenvalue weighted by atomic mass is 10.1. The van der Waals surface area contributed by atoms with Gasteiger partial charge in [0.2, 0.25) is 15.9 Å². The van der Waals surface area contributed by atoms with E-state index in [1.165, 1.54) is 6.07 Å². The highest BCUT2D eigenvalue weighted by Crippen LogP contribution is 2.26. The van der Waals surface area contributed by atoms with Crippen molar-refractivity contribution in [1.82, 2.24) is 0 Å². The Balaban J connectivity index is 2.33. The quantitative estimate of drug-likeness (QED) is 0.715. The molecule has 146 valence electrons. The number of nitrogens with one attached hydrogen (secondary N) is 1. The molecule has 0 aliphatic carbocycles. The number of anilines is 2. The van der Waals surface area contributed by atoms with Gasteiger partial charge in [-0.15, -0.1) is 0 Å². The third kappa shape index (κ3) is 5.61. The monoisotopic (exact) mass is 410 g/mol. The summed E-state index contributed by atoms with van der Waals surface area (Å²) in [5, 5.41) is 3.16. The first kappa shape index (κ1) is 21.1. The molecule has 0 spiro atoms. The highest BCUT2D eigenvalue weighted by molar-refractivity contribution is 7.92. The summed E-state index contributed by atoms with van der Waals surface area (Å²) >= 11 is 6.01. The smallest absolute Gasteiger partial charge is 0.248 e. The fourth-order valence-electron chi connectivity index (χ4n) is 2.73. The Morgan fingerprint density at radius 1 is 1.19 bits per heavy atom. The average molecular weight is 411 g/mol. The van der Waals surface area contributed by atoms with Gasteiger partial charge >= 0.3 is 0 Å². The van der Waals surface area contributed by atoms with Crippen molar-refractivity contribution < 1.29 is 17.9 Å². The van der Waals surface area contributed by atoms with Gasteiger partial charge in [-0.1, -0.05) is 30.7 Å². The summed E-state index contributed by atoms with van der Waals surface area (Å²) in [6, 6.07) is 12.5. The summed E-state index contributed by atoms with van der Waals surface area (Å²) in [6.45, 7) is 4.13. The highest BCUT2D eigenvalue weighted by Gasteiger charge is 2.31. The van der Waals surface area contributed by atoms with Gasteiger partial charge in [-0.2, -0.15) is 0 Å². The topological polar surface area (TPSA) is 75.7 Å². The molecule has 1 atom stereocenters. The van der Waals surface area contributed by atoms with Gasteiger partial charge in [0.25, 0.3) is 0 Å². The molecule has 0 saturated heterocycles. The maximum Gasteiger partial charge on any atom is 0.248 e. The number of sulfonamides is 1. The van der Waals surface area contributed by atoms with Crippen LogP contribution in [0.15, 0.2) is 48.5 Å². The van der Waals surface area contributed by atoms with Crippen LogP contribution in [0, 0.1) is 0 Å². The number of benzene rings is 2. The van der Waals surface area contributed by atoms with Crippen LogP contribution in [-0.4, -0.2) is 33.2 Å². The zero-order chi connectivity index (χ0) is 20.0. The molecule has 2 aromatic carbocycles.